The molecule has 0 radical (unpaired) electrons. The van der Waals surface area contributed by atoms with E-state index in [4.69, 9.17) is 23.7 Å². The average Bonchev–Trinajstić information content (AvgIpc) is 3.21. The Labute approximate surface area is 140 Å². The predicted octanol–water partition coefficient (Wildman–Crippen LogP) is 2.94. The van der Waals surface area contributed by atoms with Gasteiger partial charge in [0.15, 0.2) is 18.9 Å². The van der Waals surface area contributed by atoms with Gasteiger partial charge in [0.1, 0.15) is 18.3 Å². The van der Waals surface area contributed by atoms with Crippen LogP contribution in [0.1, 0.15) is 23.7 Å². The van der Waals surface area contributed by atoms with E-state index in [1.54, 1.807) is 0 Å². The van der Waals surface area contributed by atoms with E-state index in [1.807, 2.05) is 60.7 Å². The van der Waals surface area contributed by atoms with Crippen LogP contribution in [-0.4, -0.2) is 31.2 Å². The fourth-order valence-corrected chi connectivity index (χ4v) is 3.46. The van der Waals surface area contributed by atoms with Crippen LogP contribution in [0.3, 0.4) is 0 Å². The van der Waals surface area contributed by atoms with Crippen LogP contribution in [0.4, 0.5) is 0 Å². The molecule has 5 rings (SSSR count). The van der Waals surface area contributed by atoms with Crippen molar-refractivity contribution in [1.82, 2.24) is 0 Å². The van der Waals surface area contributed by atoms with Crippen LogP contribution < -0.4 is 0 Å². The third kappa shape index (κ3) is 2.46. The van der Waals surface area contributed by atoms with E-state index in [-0.39, 0.29) is 18.3 Å². The molecule has 0 aliphatic carbocycles. The first kappa shape index (κ1) is 14.6. The Morgan fingerprint density at radius 1 is 0.625 bits per heavy atom. The molecule has 0 aromatic heterocycles. The van der Waals surface area contributed by atoms with Gasteiger partial charge in [-0.1, -0.05) is 60.7 Å². The lowest BCUT2D eigenvalue weighted by Gasteiger charge is -2.33. The van der Waals surface area contributed by atoms with Crippen LogP contribution in [0.15, 0.2) is 60.7 Å². The Morgan fingerprint density at radius 3 is 1.96 bits per heavy atom. The second kappa shape index (κ2) is 5.95. The van der Waals surface area contributed by atoms with Crippen molar-refractivity contribution in [3.63, 3.8) is 0 Å². The monoisotopic (exact) mass is 326 g/mol. The first-order chi connectivity index (χ1) is 11.9. The summed E-state index contributed by atoms with van der Waals surface area (Å²) in [6, 6.07) is 19.8. The molecule has 0 N–H and O–H groups in total. The number of hydrogen-bond acceptors (Lipinski definition) is 5. The van der Waals surface area contributed by atoms with Gasteiger partial charge >= 0.3 is 0 Å². The molecule has 6 atom stereocenters. The number of rotatable bonds is 2. The van der Waals surface area contributed by atoms with Gasteiger partial charge in [0, 0.05) is 11.1 Å². The molecule has 3 unspecified atom stereocenters. The Hall–Kier alpha value is -1.76. The highest BCUT2D eigenvalue weighted by Gasteiger charge is 2.55. The maximum atomic E-state index is 6.14. The van der Waals surface area contributed by atoms with Crippen LogP contribution in [0, 0.1) is 0 Å². The first-order valence-corrected chi connectivity index (χ1v) is 8.22. The average molecular weight is 326 g/mol. The summed E-state index contributed by atoms with van der Waals surface area (Å²) < 4.78 is 29.9. The Kier molecular flexibility index (Phi) is 3.61. The first-order valence-electron chi connectivity index (χ1n) is 8.22. The largest absolute Gasteiger partial charge is 0.346 e. The summed E-state index contributed by atoms with van der Waals surface area (Å²) in [6.45, 7) is 0.472. The summed E-state index contributed by atoms with van der Waals surface area (Å²) in [5.41, 5.74) is 1.98. The van der Waals surface area contributed by atoms with E-state index in [1.165, 1.54) is 0 Å². The van der Waals surface area contributed by atoms with E-state index in [0.717, 1.165) is 11.1 Å². The van der Waals surface area contributed by atoms with Gasteiger partial charge in [-0.15, -0.1) is 0 Å². The molecule has 3 heterocycles. The minimum atomic E-state index is -0.414. The number of hydrogen-bond donors (Lipinski definition) is 0. The van der Waals surface area contributed by atoms with Crippen molar-refractivity contribution in [2.24, 2.45) is 0 Å². The van der Waals surface area contributed by atoms with Crippen molar-refractivity contribution in [2.75, 3.05) is 6.61 Å². The molecule has 124 valence electrons. The maximum absolute atomic E-state index is 6.14. The van der Waals surface area contributed by atoms with Gasteiger partial charge < -0.3 is 23.7 Å². The Balaban J connectivity index is 1.33. The van der Waals surface area contributed by atoms with Crippen molar-refractivity contribution in [3.05, 3.63) is 71.8 Å². The third-order valence-electron chi connectivity index (χ3n) is 4.64. The molecule has 3 fully saturated rings. The van der Waals surface area contributed by atoms with Crippen molar-refractivity contribution >= 4 is 0 Å². The van der Waals surface area contributed by atoms with Gasteiger partial charge in [0.25, 0.3) is 0 Å². The van der Waals surface area contributed by atoms with Crippen LogP contribution in [0.5, 0.6) is 0 Å². The highest BCUT2D eigenvalue weighted by atomic mass is 16.8. The number of ether oxygens (including phenoxy) is 5. The van der Waals surface area contributed by atoms with Crippen molar-refractivity contribution < 1.29 is 23.7 Å². The predicted molar refractivity (Wildman–Crippen MR) is 83.8 cm³/mol. The van der Waals surface area contributed by atoms with E-state index < -0.39 is 18.9 Å². The highest BCUT2D eigenvalue weighted by molar-refractivity contribution is 5.18. The number of fused-ring (bicyclic) bond motifs is 3. The molecular weight excluding hydrogens is 308 g/mol. The second-order valence-corrected chi connectivity index (χ2v) is 6.20. The molecule has 0 spiro atoms. The third-order valence-corrected chi connectivity index (χ3v) is 4.64. The van der Waals surface area contributed by atoms with E-state index in [9.17, 15) is 0 Å². The Bertz CT molecular complexity index is 691. The van der Waals surface area contributed by atoms with Crippen LogP contribution >= 0.6 is 0 Å². The molecule has 5 nitrogen and oxygen atoms in total. The van der Waals surface area contributed by atoms with E-state index >= 15 is 0 Å². The lowest BCUT2D eigenvalue weighted by atomic mass is 10.1. The molecule has 5 heteroatoms. The normalized spacial score (nSPS) is 37.8. The summed E-state index contributed by atoms with van der Waals surface area (Å²) in [5, 5.41) is 0. The summed E-state index contributed by atoms with van der Waals surface area (Å²) in [4.78, 5) is 0. The quantitative estimate of drug-likeness (QED) is 0.849. The second-order valence-electron chi connectivity index (χ2n) is 6.20. The topological polar surface area (TPSA) is 46.2 Å². The fourth-order valence-electron chi connectivity index (χ4n) is 3.46. The van der Waals surface area contributed by atoms with E-state index in [0.29, 0.717) is 6.61 Å². The summed E-state index contributed by atoms with van der Waals surface area (Å²) in [6.07, 6.45) is -1.81. The molecule has 0 amide bonds. The van der Waals surface area contributed by atoms with Crippen molar-refractivity contribution in [2.45, 2.75) is 37.2 Å². The SMILES string of the molecule is c1ccc(C2OC[C@H]3O[C@@H]4OC(c5ccccc5)O[C@@H]4C3O2)cc1. The molecule has 24 heavy (non-hydrogen) atoms. The standard InChI is InChI=1S/C19H18O5/c1-3-7-12(8-4-1)17-20-11-14-15(22-17)16-19(21-14)24-18(23-16)13-9-5-2-6-10-13/h1-10,14-19H,11H2/t14-,15?,16-,17?,18?,19-/m1/s1. The van der Waals surface area contributed by atoms with Gasteiger partial charge in [-0.25, -0.2) is 0 Å². The number of benzene rings is 2. The molecule has 2 aromatic rings. The minimum Gasteiger partial charge on any atom is -0.346 e. The van der Waals surface area contributed by atoms with Gasteiger partial charge in [-0.3, -0.25) is 0 Å². The lowest BCUT2D eigenvalue weighted by molar-refractivity contribution is -0.273. The maximum Gasteiger partial charge on any atom is 0.190 e. The minimum absolute atomic E-state index is 0.156. The smallest absolute Gasteiger partial charge is 0.190 e. The van der Waals surface area contributed by atoms with E-state index in [2.05, 4.69) is 0 Å². The summed E-state index contributed by atoms with van der Waals surface area (Å²) >= 11 is 0. The van der Waals surface area contributed by atoms with Gasteiger partial charge in [0.2, 0.25) is 0 Å². The zero-order chi connectivity index (χ0) is 15.9. The van der Waals surface area contributed by atoms with Crippen molar-refractivity contribution in [1.29, 1.82) is 0 Å². The van der Waals surface area contributed by atoms with Gasteiger partial charge in [-0.2, -0.15) is 0 Å². The van der Waals surface area contributed by atoms with Gasteiger partial charge in [-0.05, 0) is 0 Å². The zero-order valence-corrected chi connectivity index (χ0v) is 13.0. The molecule has 0 saturated carbocycles. The van der Waals surface area contributed by atoms with Crippen LogP contribution in [0.2, 0.25) is 0 Å². The van der Waals surface area contributed by atoms with Crippen LogP contribution in [-0.2, 0) is 23.7 Å². The lowest BCUT2D eigenvalue weighted by Crippen LogP contribution is -2.43. The molecule has 0 bridgehead atoms. The van der Waals surface area contributed by atoms with Gasteiger partial charge in [0.05, 0.1) is 6.61 Å². The Morgan fingerprint density at radius 2 is 1.25 bits per heavy atom. The molecular formula is C19H18O5. The van der Waals surface area contributed by atoms with Crippen LogP contribution in [0.25, 0.3) is 0 Å². The fraction of sp³-hybridized carbons (Fsp3) is 0.368. The molecule has 3 saturated heterocycles. The molecule has 2 aromatic carbocycles. The zero-order valence-electron chi connectivity index (χ0n) is 13.0. The summed E-state index contributed by atoms with van der Waals surface area (Å²) in [5.74, 6) is 0. The highest BCUT2D eigenvalue weighted by Crippen LogP contribution is 2.43. The molecule has 3 aliphatic heterocycles. The summed E-state index contributed by atoms with van der Waals surface area (Å²) in [7, 11) is 0. The van der Waals surface area contributed by atoms with Crippen molar-refractivity contribution in [3.8, 4) is 0 Å². The molecule has 3 aliphatic rings.